The van der Waals surface area contributed by atoms with Gasteiger partial charge in [0.15, 0.2) is 5.78 Å². The zero-order valence-corrected chi connectivity index (χ0v) is 18.3. The SMILES string of the molecule is C=C(N=C1N(C=O)CCC(C(F)(F)F)N1CC(=O)c1ccc(F)cc1F)N1CC2CC1(C)CO2. The van der Waals surface area contributed by atoms with Crippen LogP contribution in [0.3, 0.4) is 0 Å². The van der Waals surface area contributed by atoms with Crippen molar-refractivity contribution in [2.24, 2.45) is 4.99 Å². The van der Waals surface area contributed by atoms with E-state index in [0.29, 0.717) is 36.9 Å². The molecule has 34 heavy (non-hydrogen) atoms. The average molecular weight is 486 g/mol. The number of alkyl halides is 3. The van der Waals surface area contributed by atoms with Crippen molar-refractivity contribution in [1.29, 1.82) is 0 Å². The number of nitrogens with zero attached hydrogens (tertiary/aromatic N) is 4. The lowest BCUT2D eigenvalue weighted by Crippen LogP contribution is -2.60. The Morgan fingerprint density at radius 1 is 1.35 bits per heavy atom. The van der Waals surface area contributed by atoms with Crippen LogP contribution in [0, 0.1) is 11.6 Å². The molecule has 1 amide bonds. The Kier molecular flexibility index (Phi) is 6.13. The van der Waals surface area contributed by atoms with Crippen LogP contribution >= 0.6 is 0 Å². The molecule has 0 radical (unpaired) electrons. The molecule has 3 unspecified atom stereocenters. The Labute approximate surface area is 192 Å². The van der Waals surface area contributed by atoms with Crippen LogP contribution in [-0.4, -0.2) is 83.0 Å². The van der Waals surface area contributed by atoms with E-state index in [1.807, 2.05) is 11.8 Å². The van der Waals surface area contributed by atoms with Crippen LogP contribution in [0.25, 0.3) is 0 Å². The van der Waals surface area contributed by atoms with Gasteiger partial charge in [0.1, 0.15) is 23.5 Å². The maximum atomic E-state index is 14.1. The van der Waals surface area contributed by atoms with Gasteiger partial charge in [-0.25, -0.2) is 8.78 Å². The van der Waals surface area contributed by atoms with E-state index >= 15 is 0 Å². The number of hydrogen-bond donors (Lipinski definition) is 0. The number of morpholine rings is 1. The van der Waals surface area contributed by atoms with E-state index in [1.54, 1.807) is 0 Å². The summed E-state index contributed by atoms with van der Waals surface area (Å²) in [4.78, 5) is 32.2. The summed E-state index contributed by atoms with van der Waals surface area (Å²) in [5, 5.41) is 0. The highest BCUT2D eigenvalue weighted by Crippen LogP contribution is 2.40. The van der Waals surface area contributed by atoms with Gasteiger partial charge in [-0.15, -0.1) is 0 Å². The van der Waals surface area contributed by atoms with Crippen LogP contribution in [0.15, 0.2) is 35.6 Å². The summed E-state index contributed by atoms with van der Waals surface area (Å²) < 4.78 is 74.7. The predicted molar refractivity (Wildman–Crippen MR) is 111 cm³/mol. The van der Waals surface area contributed by atoms with E-state index in [-0.39, 0.29) is 18.5 Å². The van der Waals surface area contributed by atoms with Crippen molar-refractivity contribution < 1.29 is 36.3 Å². The average Bonchev–Trinajstić information content (AvgIpc) is 3.29. The second kappa shape index (κ2) is 8.64. The van der Waals surface area contributed by atoms with Crippen LogP contribution in [0.4, 0.5) is 22.0 Å². The summed E-state index contributed by atoms with van der Waals surface area (Å²) in [6.07, 6.45) is -4.30. The van der Waals surface area contributed by atoms with E-state index in [4.69, 9.17) is 4.74 Å². The number of amides is 1. The molecular weight excluding hydrogens is 463 g/mol. The van der Waals surface area contributed by atoms with Gasteiger partial charge in [-0.05, 0) is 25.5 Å². The molecule has 3 atom stereocenters. The Hall–Kier alpha value is -3.02. The molecular formula is C22H23F5N4O3. The minimum absolute atomic E-state index is 0.0578. The van der Waals surface area contributed by atoms with Crippen molar-refractivity contribution >= 4 is 18.2 Å². The third kappa shape index (κ3) is 4.38. The van der Waals surface area contributed by atoms with Crippen LogP contribution in [0.2, 0.25) is 0 Å². The van der Waals surface area contributed by atoms with Crippen LogP contribution in [0.5, 0.6) is 0 Å². The highest BCUT2D eigenvalue weighted by atomic mass is 19.4. The van der Waals surface area contributed by atoms with E-state index in [0.717, 1.165) is 17.0 Å². The highest BCUT2D eigenvalue weighted by Gasteiger charge is 2.51. The maximum Gasteiger partial charge on any atom is 0.408 e. The van der Waals surface area contributed by atoms with Gasteiger partial charge >= 0.3 is 6.18 Å². The predicted octanol–water partition coefficient (Wildman–Crippen LogP) is 2.93. The van der Waals surface area contributed by atoms with Gasteiger partial charge in [0.05, 0.1) is 30.4 Å². The number of aliphatic imine (C=N–C) groups is 1. The molecule has 3 heterocycles. The van der Waals surface area contributed by atoms with Gasteiger partial charge < -0.3 is 14.5 Å². The van der Waals surface area contributed by atoms with Gasteiger partial charge in [-0.2, -0.15) is 18.2 Å². The van der Waals surface area contributed by atoms with Crippen molar-refractivity contribution in [3.8, 4) is 0 Å². The number of fused-ring (bicyclic) bond motifs is 2. The number of carbonyl (C=O) groups is 2. The molecule has 3 aliphatic rings. The zero-order chi connectivity index (χ0) is 24.8. The van der Waals surface area contributed by atoms with Crippen LogP contribution in [0.1, 0.15) is 30.1 Å². The second-order valence-electron chi connectivity index (χ2n) is 8.89. The summed E-state index contributed by atoms with van der Waals surface area (Å²) in [5.41, 5.74) is -1.00. The lowest BCUT2D eigenvalue weighted by molar-refractivity contribution is -0.180. The standard InChI is InChI=1S/C22H23F5N4O3/c1-13(31-9-15-8-21(31,2)11-34-15)28-20-29(12-32)6-5-19(22(25,26)27)30(20)10-18(33)16-4-3-14(23)7-17(16)24/h3-4,7,12,15,19H,1,5-6,8-11H2,2H3. The molecule has 3 saturated heterocycles. The molecule has 7 nitrogen and oxygen atoms in total. The number of ketones is 1. The first-order valence-electron chi connectivity index (χ1n) is 10.6. The molecule has 2 bridgehead atoms. The first kappa shape index (κ1) is 24.1. The van der Waals surface area contributed by atoms with Crippen molar-refractivity contribution in [1.82, 2.24) is 14.7 Å². The van der Waals surface area contributed by atoms with Gasteiger partial charge in [0.25, 0.3) is 0 Å². The smallest absolute Gasteiger partial charge is 0.374 e. The Morgan fingerprint density at radius 3 is 2.65 bits per heavy atom. The maximum absolute atomic E-state index is 14.1. The van der Waals surface area contributed by atoms with Crippen molar-refractivity contribution in [3.63, 3.8) is 0 Å². The molecule has 3 fully saturated rings. The molecule has 0 spiro atoms. The monoisotopic (exact) mass is 486 g/mol. The molecule has 1 aromatic carbocycles. The summed E-state index contributed by atoms with van der Waals surface area (Å²) >= 11 is 0. The normalized spacial score (nSPS) is 28.1. The largest absolute Gasteiger partial charge is 0.408 e. The summed E-state index contributed by atoms with van der Waals surface area (Å²) in [5.74, 6) is -3.41. The number of guanidine groups is 1. The second-order valence-corrected chi connectivity index (χ2v) is 8.89. The number of Topliss-reactive ketones (excluding diaryl/α,β-unsaturated/α-hetero) is 1. The quantitative estimate of drug-likeness (QED) is 0.352. The molecule has 184 valence electrons. The van der Waals surface area contributed by atoms with Crippen molar-refractivity contribution in [2.45, 2.75) is 43.6 Å². The third-order valence-corrected chi connectivity index (χ3v) is 6.46. The number of hydrogen-bond acceptors (Lipinski definition) is 5. The molecule has 0 N–H and O–H groups in total. The molecule has 4 rings (SSSR count). The first-order chi connectivity index (χ1) is 15.9. The Balaban J connectivity index is 1.69. The molecule has 0 saturated carbocycles. The molecule has 12 heteroatoms. The summed E-state index contributed by atoms with van der Waals surface area (Å²) in [6, 6.07) is 0.0450. The van der Waals surface area contributed by atoms with Crippen LogP contribution in [-0.2, 0) is 9.53 Å². The number of rotatable bonds is 6. The molecule has 0 aromatic heterocycles. The van der Waals surface area contributed by atoms with Gasteiger partial charge in [-0.3, -0.25) is 14.5 Å². The van der Waals surface area contributed by atoms with E-state index in [2.05, 4.69) is 11.6 Å². The fourth-order valence-corrected chi connectivity index (χ4v) is 4.75. The zero-order valence-electron chi connectivity index (χ0n) is 18.3. The molecule has 3 aliphatic heterocycles. The van der Waals surface area contributed by atoms with Gasteiger partial charge in [-0.1, -0.05) is 6.58 Å². The minimum Gasteiger partial charge on any atom is -0.374 e. The highest BCUT2D eigenvalue weighted by molar-refractivity contribution is 6.01. The van der Waals surface area contributed by atoms with E-state index in [9.17, 15) is 31.5 Å². The number of benzene rings is 1. The molecule has 1 aromatic rings. The van der Waals surface area contributed by atoms with Crippen molar-refractivity contribution in [2.75, 3.05) is 26.2 Å². The van der Waals surface area contributed by atoms with Gasteiger partial charge in [0.2, 0.25) is 12.4 Å². The van der Waals surface area contributed by atoms with Crippen molar-refractivity contribution in [3.05, 3.63) is 47.8 Å². The number of ether oxygens (including phenoxy) is 1. The lowest BCUT2D eigenvalue weighted by Gasteiger charge is -2.43. The lowest BCUT2D eigenvalue weighted by atomic mass is 10.0. The van der Waals surface area contributed by atoms with Crippen LogP contribution < -0.4 is 0 Å². The topological polar surface area (TPSA) is 65.5 Å². The Bertz CT molecular complexity index is 1050. The summed E-state index contributed by atoms with van der Waals surface area (Å²) in [6.45, 7) is 5.44. The van der Waals surface area contributed by atoms with Gasteiger partial charge in [0, 0.05) is 25.6 Å². The number of likely N-dealkylation sites (tertiary alicyclic amines) is 1. The fourth-order valence-electron chi connectivity index (χ4n) is 4.75. The molecule has 0 aliphatic carbocycles. The number of halogens is 5. The van der Waals surface area contributed by atoms with E-state index < -0.39 is 59.7 Å². The Morgan fingerprint density at radius 2 is 2.09 bits per heavy atom. The number of carbonyl (C=O) groups excluding carboxylic acids is 2. The van der Waals surface area contributed by atoms with E-state index in [1.165, 1.54) is 0 Å². The minimum atomic E-state index is -4.76. The first-order valence-corrected chi connectivity index (χ1v) is 10.6. The summed E-state index contributed by atoms with van der Waals surface area (Å²) in [7, 11) is 0. The third-order valence-electron chi connectivity index (χ3n) is 6.46. The fraction of sp³-hybridized carbons (Fsp3) is 0.500.